The molecule has 110 valence electrons. The van der Waals surface area contributed by atoms with E-state index in [2.05, 4.69) is 15.3 Å². The topological polar surface area (TPSA) is 58.1 Å². The Morgan fingerprint density at radius 3 is 2.62 bits per heavy atom. The Morgan fingerprint density at radius 2 is 2.00 bits per heavy atom. The molecule has 5 nitrogen and oxygen atoms in total. The number of hydrogen-bond donors (Lipinski definition) is 1. The second-order valence-corrected chi connectivity index (χ2v) is 4.81. The summed E-state index contributed by atoms with van der Waals surface area (Å²) in [5.74, 6) is 1.11. The first-order valence-electron chi connectivity index (χ1n) is 6.69. The van der Waals surface area contributed by atoms with E-state index >= 15 is 0 Å². The molecule has 1 amide bonds. The van der Waals surface area contributed by atoms with Gasteiger partial charge in [0.15, 0.2) is 5.82 Å². The molecule has 1 heterocycles. The van der Waals surface area contributed by atoms with E-state index < -0.39 is 0 Å². The first kappa shape index (κ1) is 15.3. The van der Waals surface area contributed by atoms with Gasteiger partial charge < -0.3 is 10.2 Å². The van der Waals surface area contributed by atoms with Crippen LogP contribution in [0, 0.1) is 0 Å². The van der Waals surface area contributed by atoms with E-state index in [0.29, 0.717) is 23.3 Å². The van der Waals surface area contributed by atoms with E-state index in [4.69, 9.17) is 11.6 Å². The van der Waals surface area contributed by atoms with Gasteiger partial charge in [-0.1, -0.05) is 41.9 Å². The lowest BCUT2D eigenvalue weighted by atomic mass is 10.2. The van der Waals surface area contributed by atoms with E-state index in [1.807, 2.05) is 42.2 Å². The molecule has 1 aromatic heterocycles. The van der Waals surface area contributed by atoms with Crippen LogP contribution in [0.5, 0.6) is 0 Å². The van der Waals surface area contributed by atoms with Gasteiger partial charge in [-0.05, 0) is 6.92 Å². The van der Waals surface area contributed by atoms with Crippen LogP contribution in [0.3, 0.4) is 0 Å². The first-order chi connectivity index (χ1) is 10.1. The highest BCUT2D eigenvalue weighted by atomic mass is 35.5. The lowest BCUT2D eigenvalue weighted by molar-refractivity contribution is -0.119. The third-order valence-electron chi connectivity index (χ3n) is 3.03. The lowest BCUT2D eigenvalue weighted by Crippen LogP contribution is -2.36. The molecule has 6 heteroatoms. The summed E-state index contributed by atoms with van der Waals surface area (Å²) in [5.41, 5.74) is 0.886. The van der Waals surface area contributed by atoms with Crippen LogP contribution in [0.25, 0.3) is 11.4 Å². The monoisotopic (exact) mass is 304 g/mol. The zero-order chi connectivity index (χ0) is 15.2. The van der Waals surface area contributed by atoms with Crippen molar-refractivity contribution in [3.63, 3.8) is 0 Å². The van der Waals surface area contributed by atoms with Crippen LogP contribution < -0.4 is 10.2 Å². The SMILES string of the molecule is CCN(CC(=O)NC)c1cc(Cl)nc(-c2ccccc2)n1. The minimum atomic E-state index is -0.0761. The fourth-order valence-electron chi connectivity index (χ4n) is 1.89. The zero-order valence-electron chi connectivity index (χ0n) is 12.0. The van der Waals surface area contributed by atoms with E-state index in [-0.39, 0.29) is 12.5 Å². The fourth-order valence-corrected chi connectivity index (χ4v) is 2.07. The predicted molar refractivity (Wildman–Crippen MR) is 84.4 cm³/mol. The Balaban J connectivity index is 2.36. The van der Waals surface area contributed by atoms with E-state index in [9.17, 15) is 4.79 Å². The quantitative estimate of drug-likeness (QED) is 0.862. The van der Waals surface area contributed by atoms with Crippen molar-refractivity contribution < 1.29 is 4.79 Å². The average molecular weight is 305 g/mol. The number of halogens is 1. The highest BCUT2D eigenvalue weighted by Crippen LogP contribution is 2.22. The minimum absolute atomic E-state index is 0.0761. The maximum absolute atomic E-state index is 11.6. The number of anilines is 1. The molecular formula is C15H17ClN4O. The van der Waals surface area contributed by atoms with Crippen LogP contribution in [-0.4, -0.2) is 36.0 Å². The van der Waals surface area contributed by atoms with Gasteiger partial charge in [-0.15, -0.1) is 0 Å². The van der Waals surface area contributed by atoms with Crippen LogP contribution in [0.2, 0.25) is 5.15 Å². The number of carbonyl (C=O) groups is 1. The van der Waals surface area contributed by atoms with Crippen LogP contribution in [0.15, 0.2) is 36.4 Å². The van der Waals surface area contributed by atoms with Crippen LogP contribution in [-0.2, 0) is 4.79 Å². The molecule has 0 aliphatic rings. The number of nitrogens with zero attached hydrogens (tertiary/aromatic N) is 3. The molecule has 0 radical (unpaired) electrons. The molecule has 0 saturated carbocycles. The number of carbonyl (C=O) groups excluding carboxylic acids is 1. The Hall–Kier alpha value is -2.14. The Labute approximate surface area is 129 Å². The number of rotatable bonds is 5. The molecule has 0 aliphatic carbocycles. The molecule has 0 atom stereocenters. The van der Waals surface area contributed by atoms with Gasteiger partial charge in [0, 0.05) is 25.2 Å². The molecule has 1 aromatic carbocycles. The molecule has 0 spiro atoms. The third kappa shape index (κ3) is 3.92. The van der Waals surface area contributed by atoms with Crippen LogP contribution >= 0.6 is 11.6 Å². The Morgan fingerprint density at radius 1 is 1.29 bits per heavy atom. The smallest absolute Gasteiger partial charge is 0.239 e. The van der Waals surface area contributed by atoms with Crippen molar-refractivity contribution in [1.82, 2.24) is 15.3 Å². The molecule has 0 fully saturated rings. The summed E-state index contributed by atoms with van der Waals surface area (Å²) in [6.45, 7) is 2.84. The molecule has 1 N–H and O–H groups in total. The van der Waals surface area contributed by atoms with Crippen molar-refractivity contribution in [2.45, 2.75) is 6.92 Å². The number of aromatic nitrogens is 2. The van der Waals surface area contributed by atoms with Crippen molar-refractivity contribution in [1.29, 1.82) is 0 Å². The zero-order valence-corrected chi connectivity index (χ0v) is 12.8. The molecule has 0 aliphatic heterocycles. The second kappa shape index (κ2) is 7.04. The largest absolute Gasteiger partial charge is 0.358 e. The third-order valence-corrected chi connectivity index (χ3v) is 3.23. The van der Waals surface area contributed by atoms with Gasteiger partial charge in [0.25, 0.3) is 0 Å². The van der Waals surface area contributed by atoms with Gasteiger partial charge in [-0.25, -0.2) is 9.97 Å². The maximum atomic E-state index is 11.6. The summed E-state index contributed by atoms with van der Waals surface area (Å²) in [6, 6.07) is 11.3. The summed E-state index contributed by atoms with van der Waals surface area (Å²) in [4.78, 5) is 22.2. The summed E-state index contributed by atoms with van der Waals surface area (Å²) >= 11 is 6.09. The van der Waals surface area contributed by atoms with Gasteiger partial charge in [0.2, 0.25) is 5.91 Å². The molecule has 0 unspecified atom stereocenters. The standard InChI is InChI=1S/C15H17ClN4O/c1-3-20(10-14(21)17-2)13-9-12(16)18-15(19-13)11-7-5-4-6-8-11/h4-9H,3,10H2,1-2H3,(H,17,21). The van der Waals surface area contributed by atoms with Crippen molar-refractivity contribution in [2.75, 3.05) is 25.0 Å². The number of nitrogens with one attached hydrogen (secondary N) is 1. The molecule has 2 rings (SSSR count). The Kier molecular flexibility index (Phi) is 5.11. The maximum Gasteiger partial charge on any atom is 0.239 e. The molecule has 2 aromatic rings. The highest BCUT2D eigenvalue weighted by Gasteiger charge is 2.13. The molecular weight excluding hydrogens is 288 g/mol. The number of benzene rings is 1. The van der Waals surface area contributed by atoms with Crippen LogP contribution in [0.4, 0.5) is 5.82 Å². The Bertz CT molecular complexity index is 618. The second-order valence-electron chi connectivity index (χ2n) is 4.43. The summed E-state index contributed by atoms with van der Waals surface area (Å²) in [5, 5.41) is 2.96. The van der Waals surface area contributed by atoms with Crippen molar-refractivity contribution in [2.24, 2.45) is 0 Å². The average Bonchev–Trinajstić information content (AvgIpc) is 2.52. The minimum Gasteiger partial charge on any atom is -0.358 e. The molecule has 0 saturated heterocycles. The summed E-state index contributed by atoms with van der Waals surface area (Å²) in [7, 11) is 1.61. The summed E-state index contributed by atoms with van der Waals surface area (Å²) in [6.07, 6.45) is 0. The molecule has 21 heavy (non-hydrogen) atoms. The number of amides is 1. The van der Waals surface area contributed by atoms with Crippen LogP contribution in [0.1, 0.15) is 6.92 Å². The van der Waals surface area contributed by atoms with E-state index in [1.54, 1.807) is 13.1 Å². The van der Waals surface area contributed by atoms with Crippen molar-refractivity contribution in [3.05, 3.63) is 41.6 Å². The highest BCUT2D eigenvalue weighted by molar-refractivity contribution is 6.29. The number of hydrogen-bond acceptors (Lipinski definition) is 4. The van der Waals surface area contributed by atoms with Gasteiger partial charge >= 0.3 is 0 Å². The van der Waals surface area contributed by atoms with Gasteiger partial charge in [-0.2, -0.15) is 0 Å². The van der Waals surface area contributed by atoms with E-state index in [1.165, 1.54) is 0 Å². The van der Waals surface area contributed by atoms with Gasteiger partial charge in [0.1, 0.15) is 11.0 Å². The van der Waals surface area contributed by atoms with E-state index in [0.717, 1.165) is 5.56 Å². The summed E-state index contributed by atoms with van der Waals surface area (Å²) < 4.78 is 0. The normalized spacial score (nSPS) is 10.2. The molecule has 0 bridgehead atoms. The first-order valence-corrected chi connectivity index (χ1v) is 7.07. The van der Waals surface area contributed by atoms with Crippen molar-refractivity contribution in [3.8, 4) is 11.4 Å². The predicted octanol–water partition coefficient (Wildman–Crippen LogP) is 2.37. The van der Waals surface area contributed by atoms with Gasteiger partial charge in [-0.3, -0.25) is 4.79 Å². The lowest BCUT2D eigenvalue weighted by Gasteiger charge is -2.21. The number of likely N-dealkylation sites (N-methyl/N-ethyl adjacent to an activating group) is 2. The fraction of sp³-hybridized carbons (Fsp3) is 0.267. The van der Waals surface area contributed by atoms with Gasteiger partial charge in [0.05, 0.1) is 6.54 Å². The van der Waals surface area contributed by atoms with Crippen molar-refractivity contribution >= 4 is 23.3 Å².